The maximum absolute atomic E-state index is 13.4. The van der Waals surface area contributed by atoms with Crippen molar-refractivity contribution in [3.05, 3.63) is 71.3 Å². The number of guanidine groups is 1. The SMILES string of the molecule is Fc1cc(F)cc(CC(NC2=NCCN2)c2ccccc2)c1. The summed E-state index contributed by atoms with van der Waals surface area (Å²) in [6.07, 6.45) is 0.472. The summed E-state index contributed by atoms with van der Waals surface area (Å²) in [6, 6.07) is 13.3. The normalized spacial score (nSPS) is 15.1. The third-order valence-electron chi connectivity index (χ3n) is 3.55. The largest absolute Gasteiger partial charge is 0.355 e. The molecule has 2 N–H and O–H groups in total. The topological polar surface area (TPSA) is 36.4 Å². The monoisotopic (exact) mass is 301 g/mol. The standard InChI is InChI=1S/C17H17F2N3/c18-14-8-12(9-15(19)11-14)10-16(13-4-2-1-3-5-13)22-17-20-6-7-21-17/h1-5,8-9,11,16H,6-7,10H2,(H2,20,21,22). The van der Waals surface area contributed by atoms with Gasteiger partial charge in [0.1, 0.15) is 11.6 Å². The van der Waals surface area contributed by atoms with Crippen molar-refractivity contribution in [1.29, 1.82) is 0 Å². The highest BCUT2D eigenvalue weighted by Gasteiger charge is 2.16. The fourth-order valence-electron chi connectivity index (χ4n) is 2.56. The average Bonchev–Trinajstić information content (AvgIpc) is 2.99. The number of nitrogens with zero attached hydrogens (tertiary/aromatic N) is 1. The Balaban J connectivity index is 1.84. The first kappa shape index (κ1) is 14.5. The van der Waals surface area contributed by atoms with Crippen molar-refractivity contribution in [3.63, 3.8) is 0 Å². The molecule has 22 heavy (non-hydrogen) atoms. The van der Waals surface area contributed by atoms with Crippen LogP contribution >= 0.6 is 0 Å². The molecule has 2 aromatic rings. The smallest absolute Gasteiger partial charge is 0.191 e. The summed E-state index contributed by atoms with van der Waals surface area (Å²) < 4.78 is 26.8. The summed E-state index contributed by atoms with van der Waals surface area (Å²) in [5.41, 5.74) is 1.65. The second kappa shape index (κ2) is 6.56. The predicted molar refractivity (Wildman–Crippen MR) is 82.7 cm³/mol. The fraction of sp³-hybridized carbons (Fsp3) is 0.235. The Hall–Kier alpha value is -2.43. The zero-order valence-corrected chi connectivity index (χ0v) is 12.0. The highest BCUT2D eigenvalue weighted by molar-refractivity contribution is 5.81. The zero-order valence-electron chi connectivity index (χ0n) is 12.0. The van der Waals surface area contributed by atoms with E-state index in [0.29, 0.717) is 12.0 Å². The van der Waals surface area contributed by atoms with Gasteiger partial charge in [0.2, 0.25) is 0 Å². The Labute approximate surface area is 128 Å². The van der Waals surface area contributed by atoms with E-state index in [9.17, 15) is 8.78 Å². The van der Waals surface area contributed by atoms with Gasteiger partial charge in [0, 0.05) is 12.6 Å². The van der Waals surface area contributed by atoms with Crippen LogP contribution in [-0.4, -0.2) is 19.0 Å². The molecule has 5 heteroatoms. The summed E-state index contributed by atoms with van der Waals surface area (Å²) in [4.78, 5) is 4.32. The van der Waals surface area contributed by atoms with Gasteiger partial charge in [0.25, 0.3) is 0 Å². The van der Waals surface area contributed by atoms with Crippen LogP contribution in [0.1, 0.15) is 17.2 Å². The highest BCUT2D eigenvalue weighted by Crippen LogP contribution is 2.20. The molecule has 1 heterocycles. The van der Waals surface area contributed by atoms with Crippen LogP contribution < -0.4 is 10.6 Å². The lowest BCUT2D eigenvalue weighted by Gasteiger charge is -2.20. The van der Waals surface area contributed by atoms with E-state index in [1.54, 1.807) is 0 Å². The van der Waals surface area contributed by atoms with Crippen molar-refractivity contribution < 1.29 is 8.78 Å². The van der Waals surface area contributed by atoms with Gasteiger partial charge in [-0.05, 0) is 29.7 Å². The molecule has 0 saturated heterocycles. The van der Waals surface area contributed by atoms with Crippen molar-refractivity contribution in [2.24, 2.45) is 4.99 Å². The van der Waals surface area contributed by atoms with Crippen LogP contribution in [0.4, 0.5) is 8.78 Å². The molecule has 3 nitrogen and oxygen atoms in total. The molecule has 0 fully saturated rings. The molecule has 1 aliphatic rings. The minimum absolute atomic E-state index is 0.105. The Morgan fingerprint density at radius 3 is 2.45 bits per heavy atom. The molecule has 0 radical (unpaired) electrons. The van der Waals surface area contributed by atoms with Crippen LogP contribution in [0.5, 0.6) is 0 Å². The van der Waals surface area contributed by atoms with Crippen LogP contribution in [-0.2, 0) is 6.42 Å². The minimum Gasteiger partial charge on any atom is -0.355 e. The molecule has 0 aliphatic carbocycles. The lowest BCUT2D eigenvalue weighted by molar-refractivity contribution is 0.571. The maximum atomic E-state index is 13.4. The molecule has 114 valence electrons. The van der Waals surface area contributed by atoms with E-state index in [0.717, 1.165) is 30.7 Å². The van der Waals surface area contributed by atoms with Crippen LogP contribution in [0.3, 0.4) is 0 Å². The molecule has 3 rings (SSSR count). The Morgan fingerprint density at radius 1 is 1.09 bits per heavy atom. The summed E-state index contributed by atoms with van der Waals surface area (Å²) in [5, 5.41) is 6.47. The van der Waals surface area contributed by atoms with Gasteiger partial charge in [-0.25, -0.2) is 8.78 Å². The third-order valence-corrected chi connectivity index (χ3v) is 3.55. The molecule has 0 bridgehead atoms. The van der Waals surface area contributed by atoms with Crippen LogP contribution in [0.15, 0.2) is 53.5 Å². The van der Waals surface area contributed by atoms with Crippen LogP contribution in [0.25, 0.3) is 0 Å². The zero-order chi connectivity index (χ0) is 15.4. The molecule has 2 aromatic carbocycles. The second-order valence-corrected chi connectivity index (χ2v) is 5.25. The maximum Gasteiger partial charge on any atom is 0.191 e. The first-order valence-electron chi connectivity index (χ1n) is 7.25. The number of benzene rings is 2. The fourth-order valence-corrected chi connectivity index (χ4v) is 2.56. The van der Waals surface area contributed by atoms with E-state index in [-0.39, 0.29) is 6.04 Å². The molecular weight excluding hydrogens is 284 g/mol. The molecule has 0 saturated carbocycles. The number of hydrogen-bond acceptors (Lipinski definition) is 3. The number of nitrogens with one attached hydrogen (secondary N) is 2. The lowest BCUT2D eigenvalue weighted by Crippen LogP contribution is -2.37. The van der Waals surface area contributed by atoms with Crippen molar-refractivity contribution in [1.82, 2.24) is 10.6 Å². The van der Waals surface area contributed by atoms with E-state index in [4.69, 9.17) is 0 Å². The van der Waals surface area contributed by atoms with Crippen molar-refractivity contribution in [3.8, 4) is 0 Å². The van der Waals surface area contributed by atoms with Crippen molar-refractivity contribution >= 4 is 5.96 Å². The van der Waals surface area contributed by atoms with E-state index >= 15 is 0 Å². The van der Waals surface area contributed by atoms with E-state index in [2.05, 4.69) is 15.6 Å². The average molecular weight is 301 g/mol. The summed E-state index contributed by atoms with van der Waals surface area (Å²) in [6.45, 7) is 1.54. The van der Waals surface area contributed by atoms with Crippen molar-refractivity contribution in [2.75, 3.05) is 13.1 Å². The quantitative estimate of drug-likeness (QED) is 0.911. The Kier molecular flexibility index (Phi) is 4.32. The highest BCUT2D eigenvalue weighted by atomic mass is 19.1. The molecule has 1 aliphatic heterocycles. The number of rotatable bonds is 4. The van der Waals surface area contributed by atoms with Crippen LogP contribution in [0, 0.1) is 11.6 Å². The summed E-state index contributed by atoms with van der Waals surface area (Å²) >= 11 is 0. The molecule has 0 spiro atoms. The Bertz CT molecular complexity index is 651. The van der Waals surface area contributed by atoms with Crippen LogP contribution in [0.2, 0.25) is 0 Å². The first-order chi connectivity index (χ1) is 10.7. The summed E-state index contributed by atoms with van der Waals surface area (Å²) in [5.74, 6) is -0.387. The minimum atomic E-state index is -0.557. The first-order valence-corrected chi connectivity index (χ1v) is 7.25. The van der Waals surface area contributed by atoms with E-state index < -0.39 is 11.6 Å². The van der Waals surface area contributed by atoms with Gasteiger partial charge in [-0.3, -0.25) is 4.99 Å². The molecule has 0 aromatic heterocycles. The van der Waals surface area contributed by atoms with Gasteiger partial charge in [-0.2, -0.15) is 0 Å². The van der Waals surface area contributed by atoms with Gasteiger partial charge >= 0.3 is 0 Å². The number of hydrogen-bond donors (Lipinski definition) is 2. The molecular formula is C17H17F2N3. The van der Waals surface area contributed by atoms with E-state index in [1.807, 2.05) is 30.3 Å². The van der Waals surface area contributed by atoms with Gasteiger partial charge in [-0.1, -0.05) is 30.3 Å². The Morgan fingerprint density at radius 2 is 1.82 bits per heavy atom. The van der Waals surface area contributed by atoms with Gasteiger partial charge < -0.3 is 10.6 Å². The second-order valence-electron chi connectivity index (χ2n) is 5.25. The summed E-state index contributed by atoms with van der Waals surface area (Å²) in [7, 11) is 0. The van der Waals surface area contributed by atoms with E-state index in [1.165, 1.54) is 12.1 Å². The van der Waals surface area contributed by atoms with Gasteiger partial charge in [-0.15, -0.1) is 0 Å². The lowest BCUT2D eigenvalue weighted by atomic mass is 9.99. The third kappa shape index (κ3) is 3.61. The van der Waals surface area contributed by atoms with Crippen molar-refractivity contribution in [2.45, 2.75) is 12.5 Å². The molecule has 1 atom stereocenters. The number of halogens is 2. The number of aliphatic imine (C=N–C) groups is 1. The van der Waals surface area contributed by atoms with Gasteiger partial charge in [0.05, 0.1) is 12.6 Å². The molecule has 1 unspecified atom stereocenters. The van der Waals surface area contributed by atoms with Gasteiger partial charge in [0.15, 0.2) is 5.96 Å². The molecule has 0 amide bonds. The predicted octanol–water partition coefficient (Wildman–Crippen LogP) is 2.80.